The molecular formula is C18H24Cl2N4O2. The lowest BCUT2D eigenvalue weighted by molar-refractivity contribution is 0.398. The minimum absolute atomic E-state index is 0.525. The molecule has 1 aromatic carbocycles. The van der Waals surface area contributed by atoms with Crippen molar-refractivity contribution in [3.8, 4) is 11.5 Å². The average Bonchev–Trinajstić information content (AvgIpc) is 2.91. The number of aliphatic imine (C=N–C) groups is 1. The molecule has 0 aliphatic carbocycles. The molecule has 1 heterocycles. The van der Waals surface area contributed by atoms with E-state index in [1.54, 1.807) is 21.3 Å². The first-order valence-electron chi connectivity index (χ1n) is 8.15. The van der Waals surface area contributed by atoms with Crippen LogP contribution in [0.2, 0.25) is 10.2 Å². The lowest BCUT2D eigenvalue weighted by Crippen LogP contribution is -2.38. The Morgan fingerprint density at radius 3 is 2.50 bits per heavy atom. The third-order valence-corrected chi connectivity index (χ3v) is 4.89. The van der Waals surface area contributed by atoms with Gasteiger partial charge in [-0.05, 0) is 36.2 Å². The summed E-state index contributed by atoms with van der Waals surface area (Å²) in [6.45, 7) is 1.25. The number of methoxy groups -OCH3 is 2. The van der Waals surface area contributed by atoms with Gasteiger partial charge in [0.15, 0.2) is 5.96 Å². The minimum Gasteiger partial charge on any atom is -0.497 e. The standard InChI is InChI=1S/C18H24Cl2N4O2/c1-21-18(23-11-13-10-15(19)17(20)24(13)2)22-8-7-12-9-14(25-3)5-6-16(12)26-4/h5-6,9-10H,7-8,11H2,1-4H3,(H2,21,22,23). The van der Waals surface area contributed by atoms with Crippen LogP contribution in [0.1, 0.15) is 11.3 Å². The summed E-state index contributed by atoms with van der Waals surface area (Å²) >= 11 is 12.1. The highest BCUT2D eigenvalue weighted by atomic mass is 35.5. The van der Waals surface area contributed by atoms with Gasteiger partial charge in [-0.25, -0.2) is 0 Å². The van der Waals surface area contributed by atoms with E-state index in [4.69, 9.17) is 32.7 Å². The van der Waals surface area contributed by atoms with Crippen LogP contribution in [0.5, 0.6) is 11.5 Å². The highest BCUT2D eigenvalue weighted by Crippen LogP contribution is 2.25. The number of hydrogen-bond donors (Lipinski definition) is 2. The van der Waals surface area contributed by atoms with E-state index in [2.05, 4.69) is 15.6 Å². The van der Waals surface area contributed by atoms with Gasteiger partial charge >= 0.3 is 0 Å². The zero-order valence-corrected chi connectivity index (χ0v) is 16.9. The molecule has 142 valence electrons. The van der Waals surface area contributed by atoms with E-state index < -0.39 is 0 Å². The van der Waals surface area contributed by atoms with Crippen LogP contribution in [0, 0.1) is 0 Å². The topological polar surface area (TPSA) is 59.8 Å². The van der Waals surface area contributed by atoms with Crippen LogP contribution in [-0.4, -0.2) is 38.3 Å². The molecule has 0 saturated carbocycles. The predicted molar refractivity (Wildman–Crippen MR) is 107 cm³/mol. The van der Waals surface area contributed by atoms with Gasteiger partial charge in [-0.3, -0.25) is 4.99 Å². The van der Waals surface area contributed by atoms with Crippen molar-refractivity contribution in [1.82, 2.24) is 15.2 Å². The van der Waals surface area contributed by atoms with Crippen LogP contribution >= 0.6 is 23.2 Å². The Kier molecular flexibility index (Phi) is 7.48. The summed E-state index contributed by atoms with van der Waals surface area (Å²) in [6, 6.07) is 7.60. The van der Waals surface area contributed by atoms with Crippen molar-refractivity contribution in [1.29, 1.82) is 0 Å². The van der Waals surface area contributed by atoms with E-state index in [1.807, 2.05) is 35.9 Å². The van der Waals surface area contributed by atoms with Crippen LogP contribution in [0.4, 0.5) is 0 Å². The van der Waals surface area contributed by atoms with Crippen molar-refractivity contribution in [2.45, 2.75) is 13.0 Å². The van der Waals surface area contributed by atoms with Gasteiger partial charge in [0.25, 0.3) is 0 Å². The van der Waals surface area contributed by atoms with Crippen molar-refractivity contribution >= 4 is 29.2 Å². The molecular weight excluding hydrogens is 375 g/mol. The fraction of sp³-hybridized carbons (Fsp3) is 0.389. The predicted octanol–water partition coefficient (Wildman–Crippen LogP) is 3.26. The summed E-state index contributed by atoms with van der Waals surface area (Å²) in [7, 11) is 6.91. The number of benzene rings is 1. The Balaban J connectivity index is 1.90. The quantitative estimate of drug-likeness (QED) is 0.554. The van der Waals surface area contributed by atoms with Crippen molar-refractivity contribution in [2.24, 2.45) is 12.0 Å². The fourth-order valence-electron chi connectivity index (χ4n) is 2.55. The second-order valence-corrected chi connectivity index (χ2v) is 6.38. The van der Waals surface area contributed by atoms with Gasteiger partial charge < -0.3 is 24.7 Å². The average molecular weight is 399 g/mol. The molecule has 0 fully saturated rings. The summed E-state index contributed by atoms with van der Waals surface area (Å²) in [5.74, 6) is 2.34. The smallest absolute Gasteiger partial charge is 0.191 e. The summed E-state index contributed by atoms with van der Waals surface area (Å²) in [4.78, 5) is 4.23. The first-order valence-corrected chi connectivity index (χ1v) is 8.90. The van der Waals surface area contributed by atoms with Crippen molar-refractivity contribution < 1.29 is 9.47 Å². The third kappa shape index (κ3) is 4.99. The monoisotopic (exact) mass is 398 g/mol. The molecule has 2 N–H and O–H groups in total. The first-order chi connectivity index (χ1) is 12.5. The maximum Gasteiger partial charge on any atom is 0.191 e. The van der Waals surface area contributed by atoms with E-state index in [-0.39, 0.29) is 0 Å². The number of ether oxygens (including phenoxy) is 2. The highest BCUT2D eigenvalue weighted by Gasteiger charge is 2.10. The zero-order valence-electron chi connectivity index (χ0n) is 15.4. The highest BCUT2D eigenvalue weighted by molar-refractivity contribution is 6.41. The van der Waals surface area contributed by atoms with Gasteiger partial charge in [0.2, 0.25) is 0 Å². The van der Waals surface area contributed by atoms with Crippen LogP contribution in [0.3, 0.4) is 0 Å². The Morgan fingerprint density at radius 1 is 1.15 bits per heavy atom. The van der Waals surface area contributed by atoms with E-state index in [1.165, 1.54) is 0 Å². The second-order valence-electron chi connectivity index (χ2n) is 5.61. The Morgan fingerprint density at radius 2 is 1.92 bits per heavy atom. The normalized spacial score (nSPS) is 11.4. The van der Waals surface area contributed by atoms with Gasteiger partial charge in [-0.1, -0.05) is 23.2 Å². The molecule has 6 nitrogen and oxygen atoms in total. The van der Waals surface area contributed by atoms with E-state index in [0.717, 1.165) is 29.2 Å². The lowest BCUT2D eigenvalue weighted by atomic mass is 10.1. The molecule has 0 unspecified atom stereocenters. The summed E-state index contributed by atoms with van der Waals surface area (Å²) < 4.78 is 12.5. The molecule has 0 aliphatic rings. The van der Waals surface area contributed by atoms with Gasteiger partial charge in [0.05, 0.1) is 25.8 Å². The second kappa shape index (κ2) is 9.59. The number of nitrogens with one attached hydrogen (secondary N) is 2. The fourth-order valence-corrected chi connectivity index (χ4v) is 2.96. The molecule has 2 aromatic rings. The van der Waals surface area contributed by atoms with E-state index in [0.29, 0.717) is 29.2 Å². The molecule has 1 aromatic heterocycles. The lowest BCUT2D eigenvalue weighted by Gasteiger charge is -2.14. The number of nitrogens with zero attached hydrogens (tertiary/aromatic N) is 2. The zero-order chi connectivity index (χ0) is 19.1. The number of halogens is 2. The Labute approximate surface area is 164 Å². The third-order valence-electron chi connectivity index (χ3n) is 4.05. The van der Waals surface area contributed by atoms with Gasteiger partial charge in [0.1, 0.15) is 16.7 Å². The number of hydrogen-bond acceptors (Lipinski definition) is 3. The van der Waals surface area contributed by atoms with Crippen molar-refractivity contribution in [2.75, 3.05) is 27.8 Å². The molecule has 8 heteroatoms. The molecule has 2 rings (SSSR count). The molecule has 26 heavy (non-hydrogen) atoms. The maximum atomic E-state index is 6.09. The van der Waals surface area contributed by atoms with Crippen LogP contribution in [-0.2, 0) is 20.0 Å². The van der Waals surface area contributed by atoms with Crippen LogP contribution < -0.4 is 20.1 Å². The van der Waals surface area contributed by atoms with Crippen LogP contribution in [0.25, 0.3) is 0 Å². The summed E-state index contributed by atoms with van der Waals surface area (Å²) in [6.07, 6.45) is 0.767. The van der Waals surface area contributed by atoms with Gasteiger partial charge in [-0.15, -0.1) is 0 Å². The number of aromatic nitrogens is 1. The van der Waals surface area contributed by atoms with Gasteiger partial charge in [0, 0.05) is 26.3 Å². The SMILES string of the molecule is CN=C(NCCc1cc(OC)ccc1OC)NCc1cc(Cl)c(Cl)n1C. The molecule has 0 radical (unpaired) electrons. The number of guanidine groups is 1. The summed E-state index contributed by atoms with van der Waals surface area (Å²) in [5, 5.41) is 7.60. The molecule has 0 amide bonds. The molecule has 0 bridgehead atoms. The number of rotatable bonds is 7. The molecule has 0 atom stereocenters. The molecule has 0 aliphatic heterocycles. The maximum absolute atomic E-state index is 6.09. The Hall–Kier alpha value is -2.05. The van der Waals surface area contributed by atoms with E-state index >= 15 is 0 Å². The van der Waals surface area contributed by atoms with Crippen molar-refractivity contribution in [3.63, 3.8) is 0 Å². The van der Waals surface area contributed by atoms with Crippen molar-refractivity contribution in [3.05, 3.63) is 45.7 Å². The minimum atomic E-state index is 0.525. The summed E-state index contributed by atoms with van der Waals surface area (Å²) in [5.41, 5.74) is 2.04. The molecule has 0 spiro atoms. The Bertz CT molecular complexity index is 775. The first kappa shape index (κ1) is 20.3. The van der Waals surface area contributed by atoms with Crippen LogP contribution in [0.15, 0.2) is 29.3 Å². The molecule has 0 saturated heterocycles. The van der Waals surface area contributed by atoms with E-state index in [9.17, 15) is 0 Å². The van der Waals surface area contributed by atoms with Gasteiger partial charge in [-0.2, -0.15) is 0 Å². The largest absolute Gasteiger partial charge is 0.497 e.